The smallest absolute Gasteiger partial charge is 0.307 e. The summed E-state index contributed by atoms with van der Waals surface area (Å²) < 4.78 is 8.90. The summed E-state index contributed by atoms with van der Waals surface area (Å²) in [4.78, 5) is 27.9. The maximum Gasteiger partial charge on any atom is 0.307 e. The number of aryl methyl sites for hydroxylation is 3. The molecule has 3 rings (SSSR count). The van der Waals surface area contributed by atoms with Crippen molar-refractivity contribution in [2.24, 2.45) is 0 Å². The average molecular weight is 339 g/mol. The molecule has 0 aliphatic rings. The molecule has 130 valence electrons. The van der Waals surface area contributed by atoms with Gasteiger partial charge in [0.25, 0.3) is 5.56 Å². The lowest BCUT2D eigenvalue weighted by atomic mass is 10.3. The number of hydrogen-bond donors (Lipinski definition) is 0. The van der Waals surface area contributed by atoms with Crippen LogP contribution < -0.4 is 5.56 Å². The number of nitrogens with zero attached hydrogens (tertiary/aromatic N) is 3. The number of fused-ring (bicyclic) bond motifs is 1. The maximum atomic E-state index is 11.8. The van der Waals surface area contributed by atoms with Gasteiger partial charge in [-0.15, -0.1) is 0 Å². The number of aromatic nitrogens is 3. The fraction of sp³-hybridized carbons (Fsp3) is 0.316. The fourth-order valence-electron chi connectivity index (χ4n) is 2.82. The minimum absolute atomic E-state index is 0.113. The molecule has 2 aromatic heterocycles. The minimum atomic E-state index is -0.289. The van der Waals surface area contributed by atoms with E-state index < -0.39 is 0 Å². The Morgan fingerprint density at radius 2 is 1.92 bits per heavy atom. The van der Waals surface area contributed by atoms with E-state index in [1.165, 1.54) is 10.6 Å². The van der Waals surface area contributed by atoms with E-state index in [2.05, 4.69) is 9.55 Å². The summed E-state index contributed by atoms with van der Waals surface area (Å²) >= 11 is 0. The molecular formula is C19H21N3O3. The van der Waals surface area contributed by atoms with Crippen molar-refractivity contribution in [2.75, 3.05) is 6.61 Å². The van der Waals surface area contributed by atoms with Gasteiger partial charge < -0.3 is 13.9 Å². The quantitative estimate of drug-likeness (QED) is 0.490. The molecular weight excluding hydrogens is 318 g/mol. The third-order valence-electron chi connectivity index (χ3n) is 4.09. The molecule has 0 unspecified atom stereocenters. The van der Waals surface area contributed by atoms with Crippen LogP contribution in [-0.2, 0) is 22.6 Å². The zero-order chi connectivity index (χ0) is 17.6. The Kier molecular flexibility index (Phi) is 5.28. The highest BCUT2D eigenvalue weighted by atomic mass is 16.5. The van der Waals surface area contributed by atoms with Gasteiger partial charge in [-0.1, -0.05) is 18.2 Å². The fourth-order valence-corrected chi connectivity index (χ4v) is 2.82. The van der Waals surface area contributed by atoms with Crippen LogP contribution in [0.4, 0.5) is 0 Å². The zero-order valence-electron chi connectivity index (χ0n) is 14.2. The third-order valence-corrected chi connectivity index (χ3v) is 4.09. The van der Waals surface area contributed by atoms with Crippen LogP contribution in [-0.4, -0.2) is 26.7 Å². The summed E-state index contributed by atoms with van der Waals surface area (Å²) in [6.45, 7) is 3.42. The summed E-state index contributed by atoms with van der Waals surface area (Å²) in [5.74, 6) is 0.666. The van der Waals surface area contributed by atoms with Crippen LogP contribution >= 0.6 is 0 Å². The number of para-hydroxylation sites is 2. The lowest BCUT2D eigenvalue weighted by Crippen LogP contribution is -2.20. The molecule has 0 atom stereocenters. The Bertz CT molecular complexity index is 927. The molecule has 0 N–H and O–H groups in total. The maximum absolute atomic E-state index is 11.8. The average Bonchev–Trinajstić information content (AvgIpc) is 2.93. The molecule has 0 aliphatic heterocycles. The molecule has 0 fully saturated rings. The second-order valence-electron chi connectivity index (χ2n) is 5.86. The summed E-state index contributed by atoms with van der Waals surface area (Å²) in [7, 11) is 0. The molecule has 0 amide bonds. The van der Waals surface area contributed by atoms with E-state index in [4.69, 9.17) is 4.74 Å². The number of carbonyl (C=O) groups excluding carboxylic acids is 1. The zero-order valence-corrected chi connectivity index (χ0v) is 14.2. The Labute approximate surface area is 145 Å². The lowest BCUT2D eigenvalue weighted by Gasteiger charge is -2.08. The molecule has 0 saturated heterocycles. The largest absolute Gasteiger partial charge is 0.466 e. The van der Waals surface area contributed by atoms with E-state index >= 15 is 0 Å². The number of benzene rings is 1. The second kappa shape index (κ2) is 7.79. The minimum Gasteiger partial charge on any atom is -0.466 e. The van der Waals surface area contributed by atoms with Crippen molar-refractivity contribution in [3.63, 3.8) is 0 Å². The molecule has 6 nitrogen and oxygen atoms in total. The molecule has 0 spiro atoms. The SMILES string of the molecule is Cc1nc2ccccc2n1CCCOC(=O)CCn1ccccc1=O. The first-order chi connectivity index (χ1) is 12.1. The summed E-state index contributed by atoms with van der Waals surface area (Å²) in [5, 5.41) is 0. The third kappa shape index (κ3) is 4.15. The van der Waals surface area contributed by atoms with Gasteiger partial charge in [0, 0.05) is 25.4 Å². The molecule has 3 aromatic rings. The number of esters is 1. The number of rotatable bonds is 7. The van der Waals surface area contributed by atoms with Gasteiger partial charge in [-0.2, -0.15) is 0 Å². The van der Waals surface area contributed by atoms with Gasteiger partial charge in [0.05, 0.1) is 24.1 Å². The van der Waals surface area contributed by atoms with Crippen LogP contribution in [0.3, 0.4) is 0 Å². The van der Waals surface area contributed by atoms with Gasteiger partial charge in [0.1, 0.15) is 5.82 Å². The summed E-state index contributed by atoms with van der Waals surface area (Å²) in [5.41, 5.74) is 1.96. The number of hydrogen-bond acceptors (Lipinski definition) is 4. The first kappa shape index (κ1) is 17.0. The lowest BCUT2D eigenvalue weighted by molar-refractivity contribution is -0.144. The summed E-state index contributed by atoms with van der Waals surface area (Å²) in [6, 6.07) is 12.9. The van der Waals surface area contributed by atoms with Crippen LogP contribution in [0.5, 0.6) is 0 Å². The standard InChI is InChI=1S/C19H21N3O3/c1-15-20-16-7-2-3-8-17(16)22(15)12-6-14-25-19(24)10-13-21-11-5-4-9-18(21)23/h2-5,7-9,11H,6,10,12-14H2,1H3. The van der Waals surface area contributed by atoms with Crippen molar-refractivity contribution < 1.29 is 9.53 Å². The normalized spacial score (nSPS) is 10.9. The van der Waals surface area contributed by atoms with Crippen molar-refractivity contribution in [3.8, 4) is 0 Å². The first-order valence-corrected chi connectivity index (χ1v) is 8.38. The van der Waals surface area contributed by atoms with E-state index in [-0.39, 0.29) is 17.9 Å². The Morgan fingerprint density at radius 1 is 1.12 bits per heavy atom. The number of pyridine rings is 1. The molecule has 0 bridgehead atoms. The molecule has 25 heavy (non-hydrogen) atoms. The molecule has 1 aromatic carbocycles. The highest BCUT2D eigenvalue weighted by Gasteiger charge is 2.07. The van der Waals surface area contributed by atoms with Crippen LogP contribution in [0, 0.1) is 6.92 Å². The first-order valence-electron chi connectivity index (χ1n) is 8.38. The van der Waals surface area contributed by atoms with Gasteiger partial charge >= 0.3 is 5.97 Å². The van der Waals surface area contributed by atoms with Crippen LogP contribution in [0.2, 0.25) is 0 Å². The predicted molar refractivity (Wildman–Crippen MR) is 95.4 cm³/mol. The highest BCUT2D eigenvalue weighted by Crippen LogP contribution is 2.15. The van der Waals surface area contributed by atoms with E-state index in [9.17, 15) is 9.59 Å². The van der Waals surface area contributed by atoms with Crippen LogP contribution in [0.1, 0.15) is 18.7 Å². The molecule has 0 aliphatic carbocycles. The highest BCUT2D eigenvalue weighted by molar-refractivity contribution is 5.75. The van der Waals surface area contributed by atoms with E-state index in [0.29, 0.717) is 13.2 Å². The number of ether oxygens (including phenoxy) is 1. The molecule has 0 saturated carbocycles. The van der Waals surface area contributed by atoms with Gasteiger partial charge in [0.2, 0.25) is 0 Å². The van der Waals surface area contributed by atoms with Crippen molar-refractivity contribution in [1.29, 1.82) is 0 Å². The van der Waals surface area contributed by atoms with E-state index in [1.54, 1.807) is 18.3 Å². The summed E-state index contributed by atoms with van der Waals surface area (Å²) in [6.07, 6.45) is 2.58. The second-order valence-corrected chi connectivity index (χ2v) is 5.86. The van der Waals surface area contributed by atoms with Gasteiger partial charge in [-0.05, 0) is 31.5 Å². The van der Waals surface area contributed by atoms with Gasteiger partial charge in [-0.25, -0.2) is 4.98 Å². The molecule has 6 heteroatoms. The molecule has 0 radical (unpaired) electrons. The Balaban J connectivity index is 1.45. The molecule has 2 heterocycles. The Morgan fingerprint density at radius 3 is 2.76 bits per heavy atom. The van der Waals surface area contributed by atoms with Crippen molar-refractivity contribution >= 4 is 17.0 Å². The number of carbonyl (C=O) groups is 1. The van der Waals surface area contributed by atoms with Gasteiger partial charge in [-0.3, -0.25) is 9.59 Å². The topological polar surface area (TPSA) is 66.1 Å². The monoisotopic (exact) mass is 339 g/mol. The van der Waals surface area contributed by atoms with Crippen molar-refractivity contribution in [3.05, 3.63) is 64.8 Å². The van der Waals surface area contributed by atoms with Crippen LogP contribution in [0.15, 0.2) is 53.5 Å². The van der Waals surface area contributed by atoms with Crippen molar-refractivity contribution in [2.45, 2.75) is 32.9 Å². The Hall–Kier alpha value is -2.89. The predicted octanol–water partition coefficient (Wildman–Crippen LogP) is 2.53. The van der Waals surface area contributed by atoms with E-state index in [1.807, 2.05) is 31.2 Å². The van der Waals surface area contributed by atoms with E-state index in [0.717, 1.165) is 29.8 Å². The van der Waals surface area contributed by atoms with Crippen LogP contribution in [0.25, 0.3) is 11.0 Å². The number of imidazole rings is 1. The van der Waals surface area contributed by atoms with Crippen molar-refractivity contribution in [1.82, 2.24) is 14.1 Å². The van der Waals surface area contributed by atoms with Gasteiger partial charge in [0.15, 0.2) is 0 Å².